The SMILES string of the molecule is CC(C)c1noc(-c2cccn3c(CNC(=O)[C@@H](C)c4ccccc4)nnc23)n1. The number of pyridine rings is 1. The molecule has 4 aromatic rings. The van der Waals surface area contributed by atoms with Gasteiger partial charge < -0.3 is 9.84 Å². The summed E-state index contributed by atoms with van der Waals surface area (Å²) in [4.78, 5) is 17.0. The van der Waals surface area contributed by atoms with Crippen LogP contribution in [0.4, 0.5) is 0 Å². The van der Waals surface area contributed by atoms with Crippen molar-refractivity contribution in [2.24, 2.45) is 0 Å². The highest BCUT2D eigenvalue weighted by Crippen LogP contribution is 2.24. The number of rotatable bonds is 6. The molecule has 0 saturated carbocycles. The van der Waals surface area contributed by atoms with Gasteiger partial charge in [0.05, 0.1) is 18.0 Å². The van der Waals surface area contributed by atoms with Gasteiger partial charge in [0.25, 0.3) is 5.89 Å². The summed E-state index contributed by atoms with van der Waals surface area (Å²) in [6.07, 6.45) is 1.85. The smallest absolute Gasteiger partial charge is 0.261 e. The Balaban J connectivity index is 1.54. The molecule has 0 aliphatic heterocycles. The van der Waals surface area contributed by atoms with Crippen LogP contribution in [0.1, 0.15) is 49.8 Å². The van der Waals surface area contributed by atoms with Crippen molar-refractivity contribution < 1.29 is 9.32 Å². The van der Waals surface area contributed by atoms with Crippen molar-refractivity contribution in [2.45, 2.75) is 39.2 Å². The second-order valence-corrected chi connectivity index (χ2v) is 7.19. The zero-order chi connectivity index (χ0) is 20.4. The minimum atomic E-state index is -0.251. The molecular weight excluding hydrogens is 368 g/mol. The minimum absolute atomic E-state index is 0.0671. The Morgan fingerprint density at radius 2 is 1.90 bits per heavy atom. The van der Waals surface area contributed by atoms with E-state index in [-0.39, 0.29) is 24.3 Å². The maximum atomic E-state index is 12.5. The topological polar surface area (TPSA) is 98.2 Å². The van der Waals surface area contributed by atoms with Crippen molar-refractivity contribution in [3.8, 4) is 11.5 Å². The molecule has 4 rings (SSSR count). The highest BCUT2D eigenvalue weighted by molar-refractivity contribution is 5.83. The fourth-order valence-electron chi connectivity index (χ4n) is 3.04. The van der Waals surface area contributed by atoms with Crippen LogP contribution in [-0.4, -0.2) is 30.6 Å². The summed E-state index contributed by atoms with van der Waals surface area (Å²) in [6, 6.07) is 13.4. The predicted octanol–water partition coefficient (Wildman–Crippen LogP) is 3.32. The van der Waals surface area contributed by atoms with Crippen LogP contribution < -0.4 is 5.32 Å². The molecule has 0 aliphatic rings. The number of amides is 1. The van der Waals surface area contributed by atoms with E-state index in [9.17, 15) is 4.79 Å². The van der Waals surface area contributed by atoms with Crippen molar-refractivity contribution in [1.29, 1.82) is 0 Å². The fraction of sp³-hybridized carbons (Fsp3) is 0.286. The Kier molecular flexibility index (Phi) is 5.07. The van der Waals surface area contributed by atoms with E-state index < -0.39 is 0 Å². The molecule has 8 nitrogen and oxygen atoms in total. The lowest BCUT2D eigenvalue weighted by atomic mass is 10.0. The van der Waals surface area contributed by atoms with Crippen LogP contribution in [0.3, 0.4) is 0 Å². The maximum Gasteiger partial charge on any atom is 0.261 e. The predicted molar refractivity (Wildman–Crippen MR) is 107 cm³/mol. The summed E-state index contributed by atoms with van der Waals surface area (Å²) < 4.78 is 7.22. The van der Waals surface area contributed by atoms with Crippen molar-refractivity contribution in [3.63, 3.8) is 0 Å². The molecule has 0 bridgehead atoms. The lowest BCUT2D eigenvalue weighted by Crippen LogP contribution is -2.28. The molecule has 0 unspecified atom stereocenters. The number of fused-ring (bicyclic) bond motifs is 1. The van der Waals surface area contributed by atoms with E-state index in [4.69, 9.17) is 4.52 Å². The van der Waals surface area contributed by atoms with Crippen LogP contribution in [0, 0.1) is 0 Å². The van der Waals surface area contributed by atoms with Crippen molar-refractivity contribution in [2.75, 3.05) is 0 Å². The van der Waals surface area contributed by atoms with Crippen LogP contribution in [0.15, 0.2) is 53.2 Å². The quantitative estimate of drug-likeness (QED) is 0.542. The molecular formula is C21H22N6O2. The van der Waals surface area contributed by atoms with E-state index in [1.54, 1.807) is 0 Å². The molecule has 8 heteroatoms. The molecule has 0 saturated heterocycles. The van der Waals surface area contributed by atoms with Gasteiger partial charge in [-0.2, -0.15) is 4.98 Å². The van der Waals surface area contributed by atoms with Gasteiger partial charge in [-0.25, -0.2) is 0 Å². The van der Waals surface area contributed by atoms with Gasteiger partial charge in [0.1, 0.15) is 0 Å². The molecule has 1 N–H and O–H groups in total. The highest BCUT2D eigenvalue weighted by atomic mass is 16.5. The first-order chi connectivity index (χ1) is 14.0. The average Bonchev–Trinajstić information content (AvgIpc) is 3.39. The molecule has 148 valence electrons. The van der Waals surface area contributed by atoms with Gasteiger partial charge in [-0.15, -0.1) is 10.2 Å². The van der Waals surface area contributed by atoms with E-state index in [2.05, 4.69) is 25.7 Å². The highest BCUT2D eigenvalue weighted by Gasteiger charge is 2.19. The number of benzene rings is 1. The van der Waals surface area contributed by atoms with E-state index >= 15 is 0 Å². The number of hydrogen-bond acceptors (Lipinski definition) is 6. The largest absolute Gasteiger partial charge is 0.348 e. The zero-order valence-electron chi connectivity index (χ0n) is 16.5. The molecule has 0 spiro atoms. The van der Waals surface area contributed by atoms with Gasteiger partial charge in [-0.05, 0) is 24.6 Å². The second kappa shape index (κ2) is 7.83. The van der Waals surface area contributed by atoms with Crippen LogP contribution in [0.25, 0.3) is 17.1 Å². The number of aromatic nitrogens is 5. The van der Waals surface area contributed by atoms with Gasteiger partial charge in [0.15, 0.2) is 17.3 Å². The minimum Gasteiger partial charge on any atom is -0.348 e. The van der Waals surface area contributed by atoms with E-state index in [1.165, 1.54) is 0 Å². The van der Waals surface area contributed by atoms with Crippen LogP contribution in [-0.2, 0) is 11.3 Å². The molecule has 0 radical (unpaired) electrons. The van der Waals surface area contributed by atoms with Crippen molar-refractivity contribution in [1.82, 2.24) is 30.1 Å². The summed E-state index contributed by atoms with van der Waals surface area (Å²) in [7, 11) is 0. The molecule has 0 aliphatic carbocycles. The number of hydrogen-bond donors (Lipinski definition) is 1. The van der Waals surface area contributed by atoms with Crippen LogP contribution in [0.5, 0.6) is 0 Å². The molecule has 3 heterocycles. The number of carbonyl (C=O) groups excluding carboxylic acids is 1. The van der Waals surface area contributed by atoms with Crippen molar-refractivity contribution >= 4 is 11.6 Å². The Morgan fingerprint density at radius 3 is 2.62 bits per heavy atom. The average molecular weight is 390 g/mol. The monoisotopic (exact) mass is 390 g/mol. The number of nitrogens with zero attached hydrogens (tertiary/aromatic N) is 5. The lowest BCUT2D eigenvalue weighted by Gasteiger charge is -2.12. The molecule has 1 atom stereocenters. The standard InChI is InChI=1S/C21H22N6O2/c1-13(2)18-23-21(29-26-18)16-10-7-11-27-17(24-25-19(16)27)12-22-20(28)14(3)15-8-5-4-6-9-15/h4-11,13-14H,12H2,1-3H3,(H,22,28)/t14-/m0/s1. The summed E-state index contributed by atoms with van der Waals surface area (Å²) in [5.41, 5.74) is 2.28. The van der Waals surface area contributed by atoms with Gasteiger partial charge in [0.2, 0.25) is 5.91 Å². The van der Waals surface area contributed by atoms with Gasteiger partial charge >= 0.3 is 0 Å². The van der Waals surface area contributed by atoms with E-state index in [1.807, 2.05) is 73.8 Å². The normalized spacial score (nSPS) is 12.4. The summed E-state index contributed by atoms with van der Waals surface area (Å²) in [5, 5.41) is 15.5. The Morgan fingerprint density at radius 1 is 1.10 bits per heavy atom. The first kappa shape index (κ1) is 18.8. The van der Waals surface area contributed by atoms with Gasteiger partial charge in [-0.1, -0.05) is 49.3 Å². The zero-order valence-corrected chi connectivity index (χ0v) is 16.5. The second-order valence-electron chi connectivity index (χ2n) is 7.19. The third-order valence-corrected chi connectivity index (χ3v) is 4.81. The molecule has 1 amide bonds. The first-order valence-corrected chi connectivity index (χ1v) is 9.54. The summed E-state index contributed by atoms with van der Waals surface area (Å²) in [5.74, 6) is 1.52. The third kappa shape index (κ3) is 3.73. The number of nitrogens with one attached hydrogen (secondary N) is 1. The van der Waals surface area contributed by atoms with E-state index in [0.29, 0.717) is 28.8 Å². The van der Waals surface area contributed by atoms with Crippen molar-refractivity contribution in [3.05, 3.63) is 65.9 Å². The maximum absolute atomic E-state index is 12.5. The molecule has 0 fully saturated rings. The third-order valence-electron chi connectivity index (χ3n) is 4.81. The fourth-order valence-corrected chi connectivity index (χ4v) is 3.04. The molecule has 29 heavy (non-hydrogen) atoms. The molecule has 3 aromatic heterocycles. The Labute approximate surface area is 168 Å². The summed E-state index contributed by atoms with van der Waals surface area (Å²) >= 11 is 0. The van der Waals surface area contributed by atoms with Crippen LogP contribution in [0.2, 0.25) is 0 Å². The van der Waals surface area contributed by atoms with E-state index in [0.717, 1.165) is 5.56 Å². The molecule has 1 aromatic carbocycles. The Hall–Kier alpha value is -3.55. The summed E-state index contributed by atoms with van der Waals surface area (Å²) in [6.45, 7) is 6.15. The first-order valence-electron chi connectivity index (χ1n) is 9.54. The van der Waals surface area contributed by atoms with Crippen LogP contribution >= 0.6 is 0 Å². The van der Waals surface area contributed by atoms with Gasteiger partial charge in [-0.3, -0.25) is 9.20 Å². The lowest BCUT2D eigenvalue weighted by molar-refractivity contribution is -0.122. The Bertz CT molecular complexity index is 1130. The van der Waals surface area contributed by atoms with Gasteiger partial charge in [0, 0.05) is 12.1 Å². The number of carbonyl (C=O) groups is 1.